The highest BCUT2D eigenvalue weighted by molar-refractivity contribution is 5.63. The maximum absolute atomic E-state index is 5.77. The van der Waals surface area contributed by atoms with Crippen LogP contribution in [0, 0.1) is 6.07 Å². The number of nitrogens with zero attached hydrogens (tertiary/aromatic N) is 1. The normalized spacial score (nSPS) is 15.6. The molecule has 0 unspecified atom stereocenters. The van der Waals surface area contributed by atoms with Crippen molar-refractivity contribution in [3.8, 4) is 16.9 Å². The first-order valence-corrected chi connectivity index (χ1v) is 7.92. The van der Waals surface area contributed by atoms with Gasteiger partial charge in [0.1, 0.15) is 5.75 Å². The Bertz CT molecular complexity index is 547. The van der Waals surface area contributed by atoms with Gasteiger partial charge in [0, 0.05) is 25.7 Å². The average Bonchev–Trinajstić information content (AvgIpc) is 2.61. The van der Waals surface area contributed by atoms with Crippen molar-refractivity contribution in [1.29, 1.82) is 0 Å². The van der Waals surface area contributed by atoms with Crippen LogP contribution >= 0.6 is 0 Å². The van der Waals surface area contributed by atoms with Gasteiger partial charge in [-0.25, -0.2) is 0 Å². The zero-order chi connectivity index (χ0) is 15.0. The number of rotatable bonds is 6. The summed E-state index contributed by atoms with van der Waals surface area (Å²) in [6.45, 7) is 5.60. The quantitative estimate of drug-likeness (QED) is 0.764. The van der Waals surface area contributed by atoms with Crippen molar-refractivity contribution < 1.29 is 9.47 Å². The van der Waals surface area contributed by atoms with E-state index in [4.69, 9.17) is 9.47 Å². The molecule has 1 fully saturated rings. The van der Waals surface area contributed by atoms with Crippen LogP contribution in [0.4, 0.5) is 0 Å². The third-order valence-electron chi connectivity index (χ3n) is 3.87. The van der Waals surface area contributed by atoms with E-state index >= 15 is 0 Å². The van der Waals surface area contributed by atoms with Gasteiger partial charge in [-0.3, -0.25) is 4.90 Å². The molecule has 1 saturated heterocycles. The summed E-state index contributed by atoms with van der Waals surface area (Å²) in [5.41, 5.74) is 2.37. The fourth-order valence-electron chi connectivity index (χ4n) is 2.61. The van der Waals surface area contributed by atoms with Gasteiger partial charge in [-0.05, 0) is 29.7 Å². The fraction of sp³-hybridized carbons (Fsp3) is 0.368. The van der Waals surface area contributed by atoms with E-state index in [1.54, 1.807) is 0 Å². The second-order valence-corrected chi connectivity index (χ2v) is 5.46. The van der Waals surface area contributed by atoms with Crippen LogP contribution in [0.2, 0.25) is 0 Å². The van der Waals surface area contributed by atoms with E-state index in [0.29, 0.717) is 0 Å². The van der Waals surface area contributed by atoms with Crippen LogP contribution in [0.5, 0.6) is 5.75 Å². The largest absolute Gasteiger partial charge is 0.493 e. The van der Waals surface area contributed by atoms with E-state index in [-0.39, 0.29) is 0 Å². The van der Waals surface area contributed by atoms with Crippen molar-refractivity contribution in [1.82, 2.24) is 4.90 Å². The zero-order valence-electron chi connectivity index (χ0n) is 12.8. The van der Waals surface area contributed by atoms with E-state index in [1.165, 1.54) is 11.1 Å². The predicted octanol–water partition coefficient (Wildman–Crippen LogP) is 3.25. The van der Waals surface area contributed by atoms with Gasteiger partial charge in [-0.15, -0.1) is 0 Å². The molecule has 0 saturated carbocycles. The summed E-state index contributed by atoms with van der Waals surface area (Å²) in [6.07, 6.45) is 1.04. The summed E-state index contributed by atoms with van der Waals surface area (Å²) in [4.78, 5) is 2.43. The summed E-state index contributed by atoms with van der Waals surface area (Å²) in [5.74, 6) is 0.821. The Morgan fingerprint density at radius 2 is 1.82 bits per heavy atom. The highest BCUT2D eigenvalue weighted by Crippen LogP contribution is 2.21. The predicted molar refractivity (Wildman–Crippen MR) is 88.1 cm³/mol. The standard InChI is InChI=1S/C19H22NO2/c1-2-5-17(6-3-1)18-7-9-19(10-8-18)22-14-4-11-20-12-15-21-16-13-20/h1-3,5-9H,4,11-16H2. The number of morpholine rings is 1. The molecule has 2 aromatic carbocycles. The minimum atomic E-state index is 0.735. The highest BCUT2D eigenvalue weighted by Gasteiger charge is 2.09. The van der Waals surface area contributed by atoms with Crippen LogP contribution in [0.1, 0.15) is 6.42 Å². The molecule has 0 aliphatic carbocycles. The fourth-order valence-corrected chi connectivity index (χ4v) is 2.61. The summed E-state index contributed by atoms with van der Waals surface area (Å²) < 4.78 is 11.1. The molecule has 3 heteroatoms. The second-order valence-electron chi connectivity index (χ2n) is 5.46. The summed E-state index contributed by atoms with van der Waals surface area (Å²) in [5, 5.41) is 0. The van der Waals surface area contributed by atoms with E-state index in [1.807, 2.05) is 30.3 Å². The van der Waals surface area contributed by atoms with Crippen molar-refractivity contribution in [2.75, 3.05) is 39.5 Å². The van der Waals surface area contributed by atoms with Crippen molar-refractivity contribution in [3.05, 3.63) is 54.6 Å². The van der Waals surface area contributed by atoms with Crippen LogP contribution < -0.4 is 4.74 Å². The maximum atomic E-state index is 5.77. The lowest BCUT2D eigenvalue weighted by Gasteiger charge is -2.26. The van der Waals surface area contributed by atoms with Crippen LogP contribution in [0.25, 0.3) is 11.1 Å². The molecule has 1 aliphatic heterocycles. The minimum absolute atomic E-state index is 0.735. The Kier molecular flexibility index (Phi) is 5.46. The number of hydrogen-bond acceptors (Lipinski definition) is 3. The smallest absolute Gasteiger partial charge is 0.127 e. The van der Waals surface area contributed by atoms with E-state index in [9.17, 15) is 0 Å². The SMILES string of the molecule is [c]1cc(-c2ccccc2)ccc1OCCCN1CCOCC1. The molecule has 3 rings (SSSR count). The average molecular weight is 296 g/mol. The van der Waals surface area contributed by atoms with Gasteiger partial charge in [-0.1, -0.05) is 36.4 Å². The Labute approximate surface area is 132 Å². The first kappa shape index (κ1) is 15.1. The number of ether oxygens (including phenoxy) is 2. The number of benzene rings is 2. The molecule has 1 aliphatic rings. The van der Waals surface area contributed by atoms with E-state index in [2.05, 4.69) is 29.2 Å². The molecule has 22 heavy (non-hydrogen) atoms. The molecule has 2 aromatic rings. The summed E-state index contributed by atoms with van der Waals surface area (Å²) in [7, 11) is 0. The van der Waals surface area contributed by atoms with Gasteiger partial charge in [0.05, 0.1) is 19.8 Å². The molecular weight excluding hydrogens is 274 g/mol. The van der Waals surface area contributed by atoms with Crippen LogP contribution in [-0.2, 0) is 4.74 Å². The van der Waals surface area contributed by atoms with E-state index in [0.717, 1.165) is 51.6 Å². The molecule has 115 valence electrons. The third-order valence-corrected chi connectivity index (χ3v) is 3.87. The zero-order valence-corrected chi connectivity index (χ0v) is 12.8. The Morgan fingerprint density at radius 3 is 2.55 bits per heavy atom. The van der Waals surface area contributed by atoms with Gasteiger partial charge < -0.3 is 9.47 Å². The maximum Gasteiger partial charge on any atom is 0.127 e. The molecule has 1 heterocycles. The third kappa shape index (κ3) is 4.33. The topological polar surface area (TPSA) is 21.7 Å². The Morgan fingerprint density at radius 1 is 1.00 bits per heavy atom. The molecular formula is C19H22NO2. The molecule has 0 aromatic heterocycles. The van der Waals surface area contributed by atoms with Gasteiger partial charge in [-0.2, -0.15) is 0 Å². The van der Waals surface area contributed by atoms with Gasteiger partial charge >= 0.3 is 0 Å². The van der Waals surface area contributed by atoms with Gasteiger partial charge in [0.15, 0.2) is 0 Å². The molecule has 0 amide bonds. The van der Waals surface area contributed by atoms with Crippen LogP contribution in [-0.4, -0.2) is 44.4 Å². The molecule has 3 nitrogen and oxygen atoms in total. The second kappa shape index (κ2) is 7.97. The summed E-state index contributed by atoms with van der Waals surface area (Å²) >= 11 is 0. The van der Waals surface area contributed by atoms with Crippen molar-refractivity contribution in [3.63, 3.8) is 0 Å². The monoisotopic (exact) mass is 296 g/mol. The van der Waals surface area contributed by atoms with Crippen molar-refractivity contribution >= 4 is 0 Å². The lowest BCUT2D eigenvalue weighted by molar-refractivity contribution is 0.0358. The first-order valence-electron chi connectivity index (χ1n) is 7.92. The lowest BCUT2D eigenvalue weighted by Crippen LogP contribution is -2.37. The Balaban J connectivity index is 1.43. The summed E-state index contributed by atoms with van der Waals surface area (Å²) in [6, 6.07) is 19.6. The van der Waals surface area contributed by atoms with E-state index < -0.39 is 0 Å². The van der Waals surface area contributed by atoms with Crippen LogP contribution in [0.3, 0.4) is 0 Å². The van der Waals surface area contributed by atoms with Gasteiger partial charge in [0.25, 0.3) is 0 Å². The van der Waals surface area contributed by atoms with Gasteiger partial charge in [0.2, 0.25) is 0 Å². The van der Waals surface area contributed by atoms with Crippen LogP contribution in [0.15, 0.2) is 48.5 Å². The number of hydrogen-bond donors (Lipinski definition) is 0. The molecule has 0 spiro atoms. The van der Waals surface area contributed by atoms with Crippen molar-refractivity contribution in [2.24, 2.45) is 0 Å². The minimum Gasteiger partial charge on any atom is -0.493 e. The first-order chi connectivity index (χ1) is 10.9. The molecule has 0 atom stereocenters. The highest BCUT2D eigenvalue weighted by atomic mass is 16.5. The Hall–Kier alpha value is -1.84. The van der Waals surface area contributed by atoms with Crippen molar-refractivity contribution in [2.45, 2.75) is 6.42 Å². The molecule has 0 bridgehead atoms. The lowest BCUT2D eigenvalue weighted by atomic mass is 10.1. The molecule has 1 radical (unpaired) electrons. The molecule has 0 N–H and O–H groups in total.